The van der Waals surface area contributed by atoms with E-state index in [1.165, 1.54) is 0 Å². The number of likely N-dealkylation sites (N-methyl/N-ethyl adjacent to an activating group) is 1. The number of carbonyl (C=O) groups excluding carboxylic acids is 1. The number of ether oxygens (including phenoxy) is 1. The van der Waals surface area contributed by atoms with Crippen molar-refractivity contribution in [2.24, 2.45) is 4.99 Å². The molecule has 0 aromatic carbocycles. The van der Waals surface area contributed by atoms with E-state index >= 15 is 0 Å². The molecule has 0 radical (unpaired) electrons. The van der Waals surface area contributed by atoms with E-state index in [-0.39, 0.29) is 30.1 Å². The number of nitrogens with one attached hydrogen (secondary N) is 2. The standard InChI is InChI=1S/C14H30N4O2.HI/c1-8-18(13(19)20-14(4,5)6)10-9-16-12(15-7)17-11(2)3;/h11H,8-10H2,1-7H3,(H2,15,16,17);1H. The van der Waals surface area contributed by atoms with Gasteiger partial charge in [-0.05, 0) is 41.5 Å². The average Bonchev–Trinajstić information content (AvgIpc) is 2.30. The molecular formula is C14H31IN4O2. The van der Waals surface area contributed by atoms with Gasteiger partial charge in [0.25, 0.3) is 0 Å². The molecule has 0 spiro atoms. The molecule has 0 atom stereocenters. The van der Waals surface area contributed by atoms with E-state index in [0.717, 1.165) is 5.96 Å². The van der Waals surface area contributed by atoms with Gasteiger partial charge in [-0.2, -0.15) is 0 Å². The zero-order chi connectivity index (χ0) is 15.8. The minimum atomic E-state index is -0.465. The van der Waals surface area contributed by atoms with E-state index in [4.69, 9.17) is 4.74 Å². The van der Waals surface area contributed by atoms with E-state index in [2.05, 4.69) is 15.6 Å². The number of halogens is 1. The Hall–Kier alpha value is -0.730. The van der Waals surface area contributed by atoms with Crippen LogP contribution in [0.5, 0.6) is 0 Å². The maximum absolute atomic E-state index is 11.9. The van der Waals surface area contributed by atoms with Crippen molar-refractivity contribution in [2.45, 2.75) is 53.2 Å². The summed E-state index contributed by atoms with van der Waals surface area (Å²) in [5.41, 5.74) is -0.465. The van der Waals surface area contributed by atoms with Crippen molar-refractivity contribution in [1.29, 1.82) is 0 Å². The van der Waals surface area contributed by atoms with Crippen molar-refractivity contribution in [3.8, 4) is 0 Å². The molecule has 0 aliphatic carbocycles. The third-order valence-corrected chi connectivity index (χ3v) is 2.36. The molecule has 0 heterocycles. The molecule has 0 saturated carbocycles. The van der Waals surface area contributed by atoms with E-state index < -0.39 is 5.60 Å². The van der Waals surface area contributed by atoms with Crippen LogP contribution in [0.15, 0.2) is 4.99 Å². The maximum atomic E-state index is 11.9. The summed E-state index contributed by atoms with van der Waals surface area (Å²) in [4.78, 5) is 17.7. The first-order valence-corrected chi connectivity index (χ1v) is 7.14. The smallest absolute Gasteiger partial charge is 0.410 e. The predicted octanol–water partition coefficient (Wildman–Crippen LogP) is 2.43. The average molecular weight is 414 g/mol. The largest absolute Gasteiger partial charge is 0.444 e. The third kappa shape index (κ3) is 11.6. The molecular weight excluding hydrogens is 383 g/mol. The minimum Gasteiger partial charge on any atom is -0.444 e. The Balaban J connectivity index is 0. The zero-order valence-corrected chi connectivity index (χ0v) is 16.6. The van der Waals surface area contributed by atoms with Crippen LogP contribution < -0.4 is 10.6 Å². The van der Waals surface area contributed by atoms with Gasteiger partial charge in [-0.1, -0.05) is 0 Å². The number of carbonyl (C=O) groups is 1. The fourth-order valence-electron chi connectivity index (χ4n) is 1.48. The lowest BCUT2D eigenvalue weighted by Gasteiger charge is -2.26. The molecule has 1 amide bonds. The summed E-state index contributed by atoms with van der Waals surface area (Å²) in [6, 6.07) is 0.314. The van der Waals surface area contributed by atoms with Crippen LogP contribution in [0.2, 0.25) is 0 Å². The highest BCUT2D eigenvalue weighted by Crippen LogP contribution is 2.09. The van der Waals surface area contributed by atoms with Crippen LogP contribution in [0, 0.1) is 0 Å². The minimum absolute atomic E-state index is 0. The molecule has 0 aliphatic heterocycles. The van der Waals surface area contributed by atoms with Crippen molar-refractivity contribution in [1.82, 2.24) is 15.5 Å². The Morgan fingerprint density at radius 3 is 2.29 bits per heavy atom. The Morgan fingerprint density at radius 2 is 1.90 bits per heavy atom. The quantitative estimate of drug-likeness (QED) is 0.412. The highest BCUT2D eigenvalue weighted by molar-refractivity contribution is 14.0. The fraction of sp³-hybridized carbons (Fsp3) is 0.857. The number of rotatable bonds is 5. The lowest BCUT2D eigenvalue weighted by molar-refractivity contribution is 0.0264. The third-order valence-electron chi connectivity index (χ3n) is 2.36. The fourth-order valence-corrected chi connectivity index (χ4v) is 1.48. The summed E-state index contributed by atoms with van der Waals surface area (Å²) in [6.07, 6.45) is -0.284. The summed E-state index contributed by atoms with van der Waals surface area (Å²) >= 11 is 0. The molecule has 0 rings (SSSR count). The van der Waals surface area contributed by atoms with Gasteiger partial charge < -0.3 is 20.3 Å². The van der Waals surface area contributed by atoms with E-state index in [1.807, 2.05) is 41.5 Å². The van der Waals surface area contributed by atoms with Crippen LogP contribution in [0.4, 0.5) is 4.79 Å². The van der Waals surface area contributed by atoms with Gasteiger partial charge in [-0.25, -0.2) is 4.79 Å². The highest BCUT2D eigenvalue weighted by atomic mass is 127. The van der Waals surface area contributed by atoms with Crippen molar-refractivity contribution in [3.63, 3.8) is 0 Å². The van der Waals surface area contributed by atoms with Crippen LogP contribution in [-0.2, 0) is 4.74 Å². The molecule has 2 N–H and O–H groups in total. The van der Waals surface area contributed by atoms with Gasteiger partial charge in [0.2, 0.25) is 0 Å². The van der Waals surface area contributed by atoms with Crippen molar-refractivity contribution in [2.75, 3.05) is 26.7 Å². The van der Waals surface area contributed by atoms with Crippen LogP contribution in [-0.4, -0.2) is 55.3 Å². The van der Waals surface area contributed by atoms with E-state index in [0.29, 0.717) is 25.7 Å². The second-order valence-corrected chi connectivity index (χ2v) is 5.86. The molecule has 21 heavy (non-hydrogen) atoms. The Kier molecular flexibility index (Phi) is 11.7. The Bertz CT molecular complexity index is 327. The van der Waals surface area contributed by atoms with Gasteiger partial charge >= 0.3 is 6.09 Å². The van der Waals surface area contributed by atoms with Crippen LogP contribution in [0.3, 0.4) is 0 Å². The van der Waals surface area contributed by atoms with Gasteiger partial charge in [-0.15, -0.1) is 24.0 Å². The number of guanidine groups is 1. The molecule has 0 aliphatic rings. The van der Waals surface area contributed by atoms with Crippen LogP contribution >= 0.6 is 24.0 Å². The second-order valence-electron chi connectivity index (χ2n) is 5.86. The van der Waals surface area contributed by atoms with Gasteiger partial charge in [0, 0.05) is 32.7 Å². The van der Waals surface area contributed by atoms with Gasteiger partial charge in [0.1, 0.15) is 5.60 Å². The molecule has 126 valence electrons. The van der Waals surface area contributed by atoms with Crippen molar-refractivity contribution >= 4 is 36.0 Å². The Morgan fingerprint density at radius 1 is 1.33 bits per heavy atom. The van der Waals surface area contributed by atoms with Crippen LogP contribution in [0.1, 0.15) is 41.5 Å². The van der Waals surface area contributed by atoms with Gasteiger partial charge in [0.15, 0.2) is 5.96 Å². The number of hydrogen-bond acceptors (Lipinski definition) is 3. The van der Waals surface area contributed by atoms with E-state index in [1.54, 1.807) is 11.9 Å². The number of hydrogen-bond donors (Lipinski definition) is 2. The molecule has 0 aromatic rings. The van der Waals surface area contributed by atoms with Gasteiger partial charge in [0.05, 0.1) is 0 Å². The first-order chi connectivity index (χ1) is 9.19. The second kappa shape index (κ2) is 10.9. The van der Waals surface area contributed by atoms with Gasteiger partial charge in [-0.3, -0.25) is 4.99 Å². The van der Waals surface area contributed by atoms with E-state index in [9.17, 15) is 4.79 Å². The SMILES string of the molecule is CCN(CCNC(=NC)NC(C)C)C(=O)OC(C)(C)C.I. The monoisotopic (exact) mass is 414 g/mol. The molecule has 6 nitrogen and oxygen atoms in total. The molecule has 0 saturated heterocycles. The summed E-state index contributed by atoms with van der Waals surface area (Å²) in [5, 5.41) is 6.37. The predicted molar refractivity (Wildman–Crippen MR) is 98.5 cm³/mol. The molecule has 0 bridgehead atoms. The summed E-state index contributed by atoms with van der Waals surface area (Å²) < 4.78 is 5.35. The topological polar surface area (TPSA) is 66.0 Å². The highest BCUT2D eigenvalue weighted by Gasteiger charge is 2.20. The van der Waals surface area contributed by atoms with Crippen molar-refractivity contribution in [3.05, 3.63) is 0 Å². The normalized spacial score (nSPS) is 11.7. The molecule has 0 aromatic heterocycles. The molecule has 7 heteroatoms. The Labute approximate surface area is 146 Å². The summed E-state index contributed by atoms with van der Waals surface area (Å²) in [6.45, 7) is 13.4. The maximum Gasteiger partial charge on any atom is 0.410 e. The molecule has 0 unspecified atom stereocenters. The van der Waals surface area contributed by atoms with Crippen LogP contribution in [0.25, 0.3) is 0 Å². The first-order valence-electron chi connectivity index (χ1n) is 7.14. The lowest BCUT2D eigenvalue weighted by atomic mass is 10.2. The summed E-state index contributed by atoms with van der Waals surface area (Å²) in [5.74, 6) is 0.736. The lowest BCUT2D eigenvalue weighted by Crippen LogP contribution is -2.45. The number of aliphatic imine (C=N–C) groups is 1. The molecule has 0 fully saturated rings. The number of nitrogens with zero attached hydrogens (tertiary/aromatic N) is 2. The first kappa shape index (κ1) is 22.5. The zero-order valence-electron chi connectivity index (χ0n) is 14.3. The van der Waals surface area contributed by atoms with Crippen molar-refractivity contribution < 1.29 is 9.53 Å². The number of amides is 1. The summed E-state index contributed by atoms with van der Waals surface area (Å²) in [7, 11) is 1.73.